The number of fused-ring (bicyclic) bond motifs is 5. The first-order valence-corrected chi connectivity index (χ1v) is 9.37. The maximum absolute atomic E-state index is 12.6. The van der Waals surface area contributed by atoms with Gasteiger partial charge in [-0.15, -0.1) is 0 Å². The predicted octanol–water partition coefficient (Wildman–Crippen LogP) is 4.63. The summed E-state index contributed by atoms with van der Waals surface area (Å²) in [6.07, 6.45) is 0. The van der Waals surface area contributed by atoms with Gasteiger partial charge in [-0.2, -0.15) is 0 Å². The normalized spacial score (nSPS) is 11.3. The minimum absolute atomic E-state index is 0.126. The van der Waals surface area contributed by atoms with Crippen LogP contribution in [0.15, 0.2) is 72.8 Å². The van der Waals surface area contributed by atoms with E-state index in [1.165, 1.54) is 0 Å². The fourth-order valence-corrected chi connectivity index (χ4v) is 3.74. The third-order valence-electron chi connectivity index (χ3n) is 4.82. The molecule has 0 bridgehead atoms. The molecule has 0 fully saturated rings. The Balaban J connectivity index is 1.56. The number of nitrogens with zero attached hydrogens (tertiary/aromatic N) is 2. The molecule has 3 aromatic carbocycles. The summed E-state index contributed by atoms with van der Waals surface area (Å²) in [5.41, 5.74) is 5.07. The molecular weight excluding hydrogens is 368 g/mol. The topological polar surface area (TPSA) is 62.2 Å². The molecule has 0 aliphatic carbocycles. The van der Waals surface area contributed by atoms with Crippen molar-refractivity contribution >= 4 is 45.7 Å². The molecule has 2 heterocycles. The Labute approximate surface area is 165 Å². The third kappa shape index (κ3) is 2.75. The third-order valence-corrected chi connectivity index (χ3v) is 5.11. The SMILES string of the molecule is O=C(NCc1ccccc1)c1ccc2c(c1)[nH]c(=S)n1c3ccccc3nc21. The highest BCUT2D eigenvalue weighted by molar-refractivity contribution is 7.71. The quantitative estimate of drug-likeness (QED) is 0.446. The smallest absolute Gasteiger partial charge is 0.251 e. The van der Waals surface area contributed by atoms with E-state index in [0.717, 1.165) is 33.1 Å². The van der Waals surface area contributed by atoms with Gasteiger partial charge in [0.1, 0.15) is 5.65 Å². The van der Waals surface area contributed by atoms with Crippen molar-refractivity contribution in [2.75, 3.05) is 0 Å². The molecule has 5 aromatic rings. The summed E-state index contributed by atoms with van der Waals surface area (Å²) < 4.78 is 2.49. The van der Waals surface area contributed by atoms with Crippen molar-refractivity contribution in [3.8, 4) is 0 Å². The van der Waals surface area contributed by atoms with Crippen LogP contribution < -0.4 is 5.32 Å². The Kier molecular flexibility index (Phi) is 3.91. The summed E-state index contributed by atoms with van der Waals surface area (Å²) >= 11 is 5.55. The average Bonchev–Trinajstić information content (AvgIpc) is 3.13. The molecule has 136 valence electrons. The number of aromatic amines is 1. The van der Waals surface area contributed by atoms with Crippen molar-refractivity contribution in [3.05, 3.63) is 88.7 Å². The van der Waals surface area contributed by atoms with Gasteiger partial charge in [-0.1, -0.05) is 42.5 Å². The Hall–Kier alpha value is -3.51. The van der Waals surface area contributed by atoms with E-state index in [2.05, 4.69) is 10.3 Å². The number of aromatic nitrogens is 3. The van der Waals surface area contributed by atoms with Crippen molar-refractivity contribution in [3.63, 3.8) is 0 Å². The molecule has 2 N–H and O–H groups in total. The number of para-hydroxylation sites is 2. The van der Waals surface area contributed by atoms with Gasteiger partial charge in [0.05, 0.1) is 16.6 Å². The van der Waals surface area contributed by atoms with Gasteiger partial charge in [-0.3, -0.25) is 9.20 Å². The van der Waals surface area contributed by atoms with Gasteiger partial charge in [-0.05, 0) is 48.1 Å². The first-order valence-electron chi connectivity index (χ1n) is 8.96. The Morgan fingerprint density at radius 2 is 1.82 bits per heavy atom. The zero-order valence-electron chi connectivity index (χ0n) is 14.8. The number of nitrogens with one attached hydrogen (secondary N) is 2. The van der Waals surface area contributed by atoms with Crippen molar-refractivity contribution in [1.82, 2.24) is 19.7 Å². The van der Waals surface area contributed by atoms with Crippen LogP contribution >= 0.6 is 12.2 Å². The number of rotatable bonds is 3. The molecule has 0 spiro atoms. The van der Waals surface area contributed by atoms with Crippen LogP contribution in [0.2, 0.25) is 0 Å². The lowest BCUT2D eigenvalue weighted by molar-refractivity contribution is 0.0951. The minimum Gasteiger partial charge on any atom is -0.348 e. The van der Waals surface area contributed by atoms with Crippen molar-refractivity contribution in [2.24, 2.45) is 0 Å². The highest BCUT2D eigenvalue weighted by Crippen LogP contribution is 2.24. The zero-order chi connectivity index (χ0) is 19.1. The van der Waals surface area contributed by atoms with Crippen LogP contribution in [0.25, 0.3) is 27.6 Å². The molecular formula is C22H16N4OS. The molecule has 6 heteroatoms. The van der Waals surface area contributed by atoms with E-state index in [1.54, 1.807) is 0 Å². The molecule has 0 saturated carbocycles. The van der Waals surface area contributed by atoms with Crippen LogP contribution in [0.5, 0.6) is 0 Å². The van der Waals surface area contributed by atoms with Crippen LogP contribution in [0.4, 0.5) is 0 Å². The van der Waals surface area contributed by atoms with Crippen LogP contribution in [0, 0.1) is 4.77 Å². The van der Waals surface area contributed by atoms with Crippen molar-refractivity contribution in [2.45, 2.75) is 6.54 Å². The average molecular weight is 384 g/mol. The van der Waals surface area contributed by atoms with Gasteiger partial charge in [-0.25, -0.2) is 4.98 Å². The number of H-pyrrole nitrogens is 1. The van der Waals surface area contributed by atoms with E-state index >= 15 is 0 Å². The molecule has 0 saturated heterocycles. The van der Waals surface area contributed by atoms with Crippen molar-refractivity contribution in [1.29, 1.82) is 0 Å². The molecule has 2 aromatic heterocycles. The number of hydrogen-bond donors (Lipinski definition) is 2. The highest BCUT2D eigenvalue weighted by Gasteiger charge is 2.12. The standard InChI is InChI=1S/C22H16N4OS/c27-21(23-13-14-6-2-1-3-7-14)15-10-11-16-18(12-15)25-22(28)26-19-9-5-4-8-17(19)24-20(16)26/h1-12H,13H2,(H,23,27)(H,25,28). The second-order valence-corrected chi connectivity index (χ2v) is 7.01. The second-order valence-electron chi connectivity index (χ2n) is 6.62. The first kappa shape index (κ1) is 16.6. The number of imidazole rings is 1. The number of benzene rings is 3. The van der Waals surface area contributed by atoms with Crippen LogP contribution in [0.3, 0.4) is 0 Å². The second kappa shape index (κ2) is 6.58. The monoisotopic (exact) mass is 384 g/mol. The number of amides is 1. The van der Waals surface area contributed by atoms with Crippen molar-refractivity contribution < 1.29 is 4.79 Å². The largest absolute Gasteiger partial charge is 0.348 e. The van der Waals surface area contributed by atoms with Gasteiger partial charge in [0.25, 0.3) is 5.91 Å². The highest BCUT2D eigenvalue weighted by atomic mass is 32.1. The summed E-state index contributed by atoms with van der Waals surface area (Å²) in [6, 6.07) is 23.3. The van der Waals surface area contributed by atoms with Gasteiger partial charge < -0.3 is 10.3 Å². The van der Waals surface area contributed by atoms with E-state index in [4.69, 9.17) is 17.2 Å². The molecule has 28 heavy (non-hydrogen) atoms. The molecule has 1 amide bonds. The lowest BCUT2D eigenvalue weighted by Gasteiger charge is -2.07. The Morgan fingerprint density at radius 3 is 2.68 bits per heavy atom. The maximum atomic E-state index is 12.6. The zero-order valence-corrected chi connectivity index (χ0v) is 15.7. The molecule has 0 aliphatic rings. The summed E-state index contributed by atoms with van der Waals surface area (Å²) in [6.45, 7) is 0.485. The van der Waals surface area contributed by atoms with Crippen LogP contribution in [-0.4, -0.2) is 20.3 Å². The van der Waals surface area contributed by atoms with E-state index in [-0.39, 0.29) is 5.91 Å². The number of hydrogen-bond acceptors (Lipinski definition) is 3. The lowest BCUT2D eigenvalue weighted by Crippen LogP contribution is -2.22. The van der Waals surface area contributed by atoms with E-state index in [9.17, 15) is 4.79 Å². The maximum Gasteiger partial charge on any atom is 0.251 e. The first-order chi connectivity index (χ1) is 13.7. The van der Waals surface area contributed by atoms with Crippen LogP contribution in [0.1, 0.15) is 15.9 Å². The Bertz CT molecular complexity index is 1400. The van der Waals surface area contributed by atoms with E-state index in [0.29, 0.717) is 16.9 Å². The number of carbonyl (C=O) groups is 1. The fraction of sp³-hybridized carbons (Fsp3) is 0.0455. The van der Waals surface area contributed by atoms with Gasteiger partial charge in [0.15, 0.2) is 4.77 Å². The van der Waals surface area contributed by atoms with Gasteiger partial charge in [0.2, 0.25) is 0 Å². The molecule has 0 atom stereocenters. The van der Waals surface area contributed by atoms with E-state index in [1.807, 2.05) is 77.2 Å². The fourth-order valence-electron chi connectivity index (χ4n) is 3.45. The summed E-state index contributed by atoms with van der Waals surface area (Å²) in [5.74, 6) is -0.126. The Morgan fingerprint density at radius 1 is 1.04 bits per heavy atom. The summed E-state index contributed by atoms with van der Waals surface area (Å²) in [4.78, 5) is 20.5. The van der Waals surface area contributed by atoms with E-state index < -0.39 is 0 Å². The summed E-state index contributed by atoms with van der Waals surface area (Å²) in [7, 11) is 0. The lowest BCUT2D eigenvalue weighted by atomic mass is 10.1. The molecule has 0 radical (unpaired) electrons. The molecule has 5 rings (SSSR count). The minimum atomic E-state index is -0.126. The summed E-state index contributed by atoms with van der Waals surface area (Å²) in [5, 5.41) is 3.87. The number of carbonyl (C=O) groups excluding carboxylic acids is 1. The molecule has 5 nitrogen and oxygen atoms in total. The van der Waals surface area contributed by atoms with Gasteiger partial charge >= 0.3 is 0 Å². The molecule has 0 unspecified atom stereocenters. The van der Waals surface area contributed by atoms with Gasteiger partial charge in [0, 0.05) is 17.5 Å². The predicted molar refractivity (Wildman–Crippen MR) is 113 cm³/mol. The van der Waals surface area contributed by atoms with Crippen LogP contribution in [-0.2, 0) is 6.54 Å². The molecule has 0 aliphatic heterocycles.